The highest BCUT2D eigenvalue weighted by molar-refractivity contribution is 5.48. The third kappa shape index (κ3) is 1.55. The summed E-state index contributed by atoms with van der Waals surface area (Å²) in [7, 11) is 0. The molecule has 2 N–H and O–H groups in total. The van der Waals surface area contributed by atoms with Crippen LogP contribution in [0.2, 0.25) is 0 Å². The van der Waals surface area contributed by atoms with E-state index in [0.29, 0.717) is 11.3 Å². The topological polar surface area (TPSA) is 40.7 Å². The first-order valence-electron chi connectivity index (χ1n) is 4.83. The Hall–Kier alpha value is -0.990. The highest BCUT2D eigenvalue weighted by Gasteiger charge is 2.29. The summed E-state index contributed by atoms with van der Waals surface area (Å²) in [5.41, 5.74) is 2.81. The van der Waals surface area contributed by atoms with Crippen molar-refractivity contribution in [3.8, 4) is 0 Å². The summed E-state index contributed by atoms with van der Waals surface area (Å²) >= 11 is 0. The molecule has 3 nitrogen and oxygen atoms in total. The normalized spacial score (nSPS) is 22.2. The van der Waals surface area contributed by atoms with Gasteiger partial charge < -0.3 is 5.32 Å². The van der Waals surface area contributed by atoms with Gasteiger partial charge >= 0.3 is 0 Å². The molecule has 0 spiro atoms. The highest BCUT2D eigenvalue weighted by atomic mass is 15.1. The Morgan fingerprint density at radius 1 is 1.46 bits per heavy atom. The molecule has 2 heterocycles. The zero-order valence-electron chi connectivity index (χ0n) is 8.52. The molecular weight excluding hydrogens is 162 g/mol. The van der Waals surface area contributed by atoms with Crippen LogP contribution in [0.5, 0.6) is 0 Å². The van der Waals surface area contributed by atoms with Gasteiger partial charge in [-0.15, -0.1) is 0 Å². The fourth-order valence-electron chi connectivity index (χ4n) is 1.78. The standard InChI is InChI=1S/C10H17N3/c1-10(2,3)7-4-8-9(11-5-7)6-12-13-8/h6-7,11H,4-5H2,1-3H3,(H,12,13). The third-order valence-corrected chi connectivity index (χ3v) is 2.93. The SMILES string of the molecule is CC(C)(C)C1CNc2cn[nH]c2C1. The molecule has 0 fully saturated rings. The maximum atomic E-state index is 4.03. The molecule has 1 atom stereocenters. The molecule has 1 aliphatic rings. The van der Waals surface area contributed by atoms with Crippen molar-refractivity contribution in [3.63, 3.8) is 0 Å². The minimum absolute atomic E-state index is 0.371. The number of aromatic nitrogens is 2. The Morgan fingerprint density at radius 2 is 2.23 bits per heavy atom. The van der Waals surface area contributed by atoms with E-state index in [2.05, 4.69) is 36.3 Å². The Bertz CT molecular complexity index is 295. The van der Waals surface area contributed by atoms with Gasteiger partial charge in [-0.2, -0.15) is 5.10 Å². The van der Waals surface area contributed by atoms with E-state index in [4.69, 9.17) is 0 Å². The summed E-state index contributed by atoms with van der Waals surface area (Å²) in [4.78, 5) is 0. The molecule has 1 aliphatic heterocycles. The summed E-state index contributed by atoms with van der Waals surface area (Å²) in [6.07, 6.45) is 2.99. The highest BCUT2D eigenvalue weighted by Crippen LogP contribution is 2.33. The van der Waals surface area contributed by atoms with Crippen molar-refractivity contribution in [3.05, 3.63) is 11.9 Å². The van der Waals surface area contributed by atoms with Gasteiger partial charge in [0.15, 0.2) is 0 Å². The van der Waals surface area contributed by atoms with Gasteiger partial charge in [-0.1, -0.05) is 20.8 Å². The first-order valence-corrected chi connectivity index (χ1v) is 4.83. The van der Waals surface area contributed by atoms with Crippen molar-refractivity contribution in [1.29, 1.82) is 0 Å². The Labute approximate surface area is 78.9 Å². The molecule has 0 radical (unpaired) electrons. The molecule has 0 saturated carbocycles. The number of hydrogen-bond donors (Lipinski definition) is 2. The van der Waals surface area contributed by atoms with Crippen LogP contribution < -0.4 is 5.32 Å². The Balaban J connectivity index is 2.18. The van der Waals surface area contributed by atoms with Crippen LogP contribution in [0.25, 0.3) is 0 Å². The number of nitrogens with one attached hydrogen (secondary N) is 2. The quantitative estimate of drug-likeness (QED) is 0.640. The summed E-state index contributed by atoms with van der Waals surface area (Å²) in [6, 6.07) is 0. The fourth-order valence-corrected chi connectivity index (χ4v) is 1.78. The summed E-state index contributed by atoms with van der Waals surface area (Å²) in [6.45, 7) is 7.94. The van der Waals surface area contributed by atoms with Gasteiger partial charge in [-0.3, -0.25) is 5.10 Å². The monoisotopic (exact) mass is 179 g/mol. The van der Waals surface area contributed by atoms with E-state index in [1.807, 2.05) is 6.20 Å². The van der Waals surface area contributed by atoms with Gasteiger partial charge in [0.05, 0.1) is 17.6 Å². The van der Waals surface area contributed by atoms with E-state index in [1.165, 1.54) is 11.4 Å². The number of H-pyrrole nitrogens is 1. The van der Waals surface area contributed by atoms with E-state index >= 15 is 0 Å². The lowest BCUT2D eigenvalue weighted by Gasteiger charge is -2.33. The predicted molar refractivity (Wildman–Crippen MR) is 53.7 cm³/mol. The predicted octanol–water partition coefficient (Wildman–Crippen LogP) is 2.04. The van der Waals surface area contributed by atoms with E-state index in [-0.39, 0.29) is 0 Å². The van der Waals surface area contributed by atoms with Crippen molar-refractivity contribution < 1.29 is 0 Å². The summed E-state index contributed by atoms with van der Waals surface area (Å²) in [5, 5.41) is 10.5. The molecule has 3 heteroatoms. The Kier molecular flexibility index (Phi) is 1.82. The van der Waals surface area contributed by atoms with Gasteiger partial charge in [-0.05, 0) is 17.8 Å². The maximum Gasteiger partial charge on any atom is 0.0756 e. The lowest BCUT2D eigenvalue weighted by atomic mass is 9.76. The van der Waals surface area contributed by atoms with Gasteiger partial charge in [0.25, 0.3) is 0 Å². The number of nitrogens with zero attached hydrogens (tertiary/aromatic N) is 1. The van der Waals surface area contributed by atoms with Gasteiger partial charge in [0, 0.05) is 6.54 Å². The first kappa shape index (κ1) is 8.60. The molecule has 72 valence electrons. The van der Waals surface area contributed by atoms with Crippen LogP contribution >= 0.6 is 0 Å². The Morgan fingerprint density at radius 3 is 2.92 bits per heavy atom. The zero-order chi connectivity index (χ0) is 9.47. The number of hydrogen-bond acceptors (Lipinski definition) is 2. The smallest absolute Gasteiger partial charge is 0.0756 e. The summed E-state index contributed by atoms with van der Waals surface area (Å²) < 4.78 is 0. The van der Waals surface area contributed by atoms with Gasteiger partial charge in [0.2, 0.25) is 0 Å². The second kappa shape index (κ2) is 2.76. The second-order valence-corrected chi connectivity index (χ2v) is 4.91. The van der Waals surface area contributed by atoms with E-state index in [0.717, 1.165) is 13.0 Å². The lowest BCUT2D eigenvalue weighted by molar-refractivity contribution is 0.245. The average Bonchev–Trinajstić information content (AvgIpc) is 2.47. The molecule has 0 saturated heterocycles. The largest absolute Gasteiger partial charge is 0.382 e. The van der Waals surface area contributed by atoms with Crippen molar-refractivity contribution in [2.45, 2.75) is 27.2 Å². The molecule has 0 amide bonds. The van der Waals surface area contributed by atoms with Crippen LogP contribution in [-0.4, -0.2) is 16.7 Å². The minimum atomic E-state index is 0.371. The molecule has 1 aromatic heterocycles. The molecule has 13 heavy (non-hydrogen) atoms. The van der Waals surface area contributed by atoms with Crippen LogP contribution in [-0.2, 0) is 6.42 Å². The van der Waals surface area contributed by atoms with Crippen molar-refractivity contribution in [2.75, 3.05) is 11.9 Å². The van der Waals surface area contributed by atoms with Crippen LogP contribution in [0.1, 0.15) is 26.5 Å². The van der Waals surface area contributed by atoms with Crippen molar-refractivity contribution >= 4 is 5.69 Å². The molecule has 1 unspecified atom stereocenters. The third-order valence-electron chi connectivity index (χ3n) is 2.93. The van der Waals surface area contributed by atoms with Crippen molar-refractivity contribution in [2.24, 2.45) is 11.3 Å². The van der Waals surface area contributed by atoms with E-state index < -0.39 is 0 Å². The van der Waals surface area contributed by atoms with Crippen LogP contribution in [0, 0.1) is 11.3 Å². The molecular formula is C10H17N3. The van der Waals surface area contributed by atoms with Crippen molar-refractivity contribution in [1.82, 2.24) is 10.2 Å². The number of aromatic amines is 1. The molecule has 2 rings (SSSR count). The van der Waals surface area contributed by atoms with Gasteiger partial charge in [-0.25, -0.2) is 0 Å². The minimum Gasteiger partial charge on any atom is -0.382 e. The molecule has 0 aliphatic carbocycles. The van der Waals surface area contributed by atoms with E-state index in [9.17, 15) is 0 Å². The van der Waals surface area contributed by atoms with E-state index in [1.54, 1.807) is 0 Å². The summed E-state index contributed by atoms with van der Waals surface area (Å²) in [5.74, 6) is 0.695. The maximum absolute atomic E-state index is 4.03. The first-order chi connectivity index (χ1) is 6.07. The molecule has 0 bridgehead atoms. The number of fused-ring (bicyclic) bond motifs is 1. The lowest BCUT2D eigenvalue weighted by Crippen LogP contribution is -2.32. The molecule has 1 aromatic rings. The average molecular weight is 179 g/mol. The number of rotatable bonds is 0. The second-order valence-electron chi connectivity index (χ2n) is 4.91. The van der Waals surface area contributed by atoms with Gasteiger partial charge in [0.1, 0.15) is 0 Å². The van der Waals surface area contributed by atoms with Crippen LogP contribution in [0.4, 0.5) is 5.69 Å². The van der Waals surface area contributed by atoms with Crippen LogP contribution in [0.3, 0.4) is 0 Å². The van der Waals surface area contributed by atoms with Crippen LogP contribution in [0.15, 0.2) is 6.20 Å². The number of anilines is 1. The fraction of sp³-hybridized carbons (Fsp3) is 0.700. The zero-order valence-corrected chi connectivity index (χ0v) is 8.52. The molecule has 0 aromatic carbocycles.